The number of nitrogens with zero attached hydrogens (tertiary/aromatic N) is 4. The zero-order chi connectivity index (χ0) is 34.1. The van der Waals surface area contributed by atoms with Gasteiger partial charge < -0.3 is 47.5 Å². The van der Waals surface area contributed by atoms with Crippen LogP contribution in [0.1, 0.15) is 61.5 Å². The van der Waals surface area contributed by atoms with E-state index in [9.17, 15) is 25.2 Å². The maximum Gasteiger partial charge on any atom is 0.280 e. The number of aliphatic hydroxyl groups is 5. The summed E-state index contributed by atoms with van der Waals surface area (Å²) >= 11 is 5.81. The number of rotatable bonds is 21. The first-order valence-electron chi connectivity index (χ1n) is 15.4. The van der Waals surface area contributed by atoms with Gasteiger partial charge >= 0.3 is 0 Å². The first-order chi connectivity index (χ1) is 22.0. The summed E-state index contributed by atoms with van der Waals surface area (Å²) in [4.78, 5) is 26.0. The Bertz CT molecular complexity index is 1230. The van der Waals surface area contributed by atoms with Crippen molar-refractivity contribution in [3.63, 3.8) is 0 Å². The first-order valence-corrected chi connectivity index (χ1v) is 15.8. The van der Waals surface area contributed by atoms with Crippen LogP contribution in [0.5, 0.6) is 5.75 Å². The third kappa shape index (κ3) is 15.2. The topological polar surface area (TPSA) is 259 Å². The molecule has 0 aliphatic heterocycles. The van der Waals surface area contributed by atoms with E-state index in [4.69, 9.17) is 38.6 Å². The van der Waals surface area contributed by atoms with Gasteiger partial charge in [-0.1, -0.05) is 49.9 Å². The van der Waals surface area contributed by atoms with Crippen LogP contribution in [0, 0.1) is 0 Å². The Kier molecular flexibility index (Phi) is 20.1. The van der Waals surface area contributed by atoms with Crippen LogP contribution >= 0.6 is 24.0 Å². The maximum atomic E-state index is 12.3. The zero-order valence-corrected chi connectivity index (χ0v) is 28.2. The average Bonchev–Trinajstić information content (AvgIpc) is 3.03. The summed E-state index contributed by atoms with van der Waals surface area (Å²) in [5, 5.41) is 51.5. The molecule has 0 saturated carbocycles. The number of carbonyl (C=O) groups is 1. The number of aliphatic hydroxyl groups excluding tert-OH is 5. The third-order valence-electron chi connectivity index (χ3n) is 7.22. The lowest BCUT2D eigenvalue weighted by Crippen LogP contribution is -2.50. The molecule has 0 spiro atoms. The van der Waals surface area contributed by atoms with E-state index in [0.29, 0.717) is 32.0 Å². The molecular formula is C30H50Cl2N8O7. The second kappa shape index (κ2) is 22.5. The maximum absolute atomic E-state index is 12.3. The number of aromatic nitrogens is 2. The number of unbranched alkanes of at least 4 members (excludes halogenated alkanes) is 4. The smallest absolute Gasteiger partial charge is 0.280 e. The summed E-state index contributed by atoms with van der Waals surface area (Å²) in [6.45, 7) is 3.38. The van der Waals surface area contributed by atoms with Gasteiger partial charge in [-0.05, 0) is 49.9 Å². The SMILES string of the molecule is CCCCCCN(CCOc1ccc(CCCCN=C(N)NC(=O)c2nc(Cl)c(N)nc2N)cc1)C[C@H](O)[C@@H](O)[C@H](O)[C@H](O)CO.Cl. The molecule has 2 aromatic rings. The molecule has 2 rings (SSSR count). The first kappa shape index (κ1) is 42.0. The highest BCUT2D eigenvalue weighted by Gasteiger charge is 2.31. The zero-order valence-electron chi connectivity index (χ0n) is 26.7. The highest BCUT2D eigenvalue weighted by atomic mass is 35.5. The average molecular weight is 706 g/mol. The van der Waals surface area contributed by atoms with Crippen molar-refractivity contribution < 1.29 is 35.1 Å². The summed E-state index contributed by atoms with van der Waals surface area (Å²) in [5.74, 6) is -0.334. The fourth-order valence-electron chi connectivity index (χ4n) is 4.50. The number of halogens is 2. The number of nitrogen functional groups attached to an aromatic ring is 2. The quantitative estimate of drug-likeness (QED) is 0.0487. The van der Waals surface area contributed by atoms with E-state index in [1.54, 1.807) is 0 Å². The Hall–Kier alpha value is -3.02. The van der Waals surface area contributed by atoms with Crippen molar-refractivity contribution in [2.24, 2.45) is 10.7 Å². The minimum atomic E-state index is -1.66. The molecule has 4 atom stereocenters. The number of guanidine groups is 1. The van der Waals surface area contributed by atoms with Gasteiger partial charge in [-0.2, -0.15) is 0 Å². The summed E-state index contributed by atoms with van der Waals surface area (Å²) in [5.41, 5.74) is 17.9. The van der Waals surface area contributed by atoms with Crippen molar-refractivity contribution in [2.45, 2.75) is 76.3 Å². The van der Waals surface area contributed by atoms with Crippen molar-refractivity contribution in [1.29, 1.82) is 0 Å². The Morgan fingerprint density at radius 1 is 0.979 bits per heavy atom. The fourth-order valence-corrected chi connectivity index (χ4v) is 4.63. The van der Waals surface area contributed by atoms with Crippen LogP contribution in [0.25, 0.3) is 0 Å². The van der Waals surface area contributed by atoms with E-state index in [1.807, 2.05) is 29.2 Å². The molecule has 12 N–H and O–H groups in total. The van der Waals surface area contributed by atoms with Gasteiger partial charge in [0.1, 0.15) is 30.7 Å². The number of aryl methyl sites for hydroxylation is 1. The van der Waals surface area contributed by atoms with Crippen molar-refractivity contribution in [3.05, 3.63) is 40.7 Å². The largest absolute Gasteiger partial charge is 0.492 e. The van der Waals surface area contributed by atoms with Gasteiger partial charge in [0, 0.05) is 19.6 Å². The van der Waals surface area contributed by atoms with E-state index >= 15 is 0 Å². The molecule has 47 heavy (non-hydrogen) atoms. The van der Waals surface area contributed by atoms with E-state index in [-0.39, 0.29) is 47.4 Å². The summed E-state index contributed by atoms with van der Waals surface area (Å²) in [7, 11) is 0. The Balaban J connectivity index is 0.0000110. The number of amides is 1. The van der Waals surface area contributed by atoms with Crippen LogP contribution in [-0.4, -0.2) is 116 Å². The van der Waals surface area contributed by atoms with Crippen LogP contribution in [0.2, 0.25) is 5.15 Å². The lowest BCUT2D eigenvalue weighted by molar-refractivity contribution is -0.119. The molecule has 1 aromatic carbocycles. The van der Waals surface area contributed by atoms with Crippen LogP contribution < -0.4 is 27.3 Å². The van der Waals surface area contributed by atoms with Crippen LogP contribution in [0.4, 0.5) is 11.6 Å². The highest BCUT2D eigenvalue weighted by Crippen LogP contribution is 2.17. The van der Waals surface area contributed by atoms with Gasteiger partial charge in [0.15, 0.2) is 28.4 Å². The molecule has 15 nitrogen and oxygen atoms in total. The molecule has 17 heteroatoms. The molecule has 1 amide bonds. The van der Waals surface area contributed by atoms with Gasteiger partial charge in [-0.3, -0.25) is 20.0 Å². The number of hydrogen-bond acceptors (Lipinski definition) is 13. The monoisotopic (exact) mass is 704 g/mol. The molecule has 0 fully saturated rings. The normalized spacial score (nSPS) is 14.3. The fraction of sp³-hybridized carbons (Fsp3) is 0.600. The minimum absolute atomic E-state index is 0. The Morgan fingerprint density at radius 3 is 2.32 bits per heavy atom. The lowest BCUT2D eigenvalue weighted by Gasteiger charge is -2.30. The Labute approximate surface area is 286 Å². The van der Waals surface area contributed by atoms with Crippen LogP contribution in [0.3, 0.4) is 0 Å². The lowest BCUT2D eigenvalue weighted by atomic mass is 10.0. The number of nitrogens with two attached hydrogens (primary N) is 3. The second-order valence-electron chi connectivity index (χ2n) is 11.0. The molecular weight excluding hydrogens is 655 g/mol. The van der Waals surface area contributed by atoms with Crippen molar-refractivity contribution in [3.8, 4) is 5.75 Å². The van der Waals surface area contributed by atoms with E-state index in [2.05, 4.69) is 27.2 Å². The van der Waals surface area contributed by atoms with Gasteiger partial charge in [-0.25, -0.2) is 9.97 Å². The van der Waals surface area contributed by atoms with E-state index in [1.165, 1.54) is 0 Å². The van der Waals surface area contributed by atoms with Crippen LogP contribution in [-0.2, 0) is 6.42 Å². The predicted molar refractivity (Wildman–Crippen MR) is 184 cm³/mol. The molecule has 0 aliphatic carbocycles. The number of nitrogens with one attached hydrogen (secondary N) is 1. The molecule has 0 bridgehead atoms. The van der Waals surface area contributed by atoms with Gasteiger partial charge in [0.2, 0.25) is 0 Å². The molecule has 0 radical (unpaired) electrons. The van der Waals surface area contributed by atoms with Gasteiger partial charge in [0.05, 0.1) is 12.7 Å². The van der Waals surface area contributed by atoms with Crippen LogP contribution in [0.15, 0.2) is 29.3 Å². The molecule has 0 saturated heterocycles. The number of benzene rings is 1. The molecule has 0 unspecified atom stereocenters. The summed E-state index contributed by atoms with van der Waals surface area (Å²) in [6.07, 6.45) is 0.370. The molecule has 1 aromatic heterocycles. The minimum Gasteiger partial charge on any atom is -0.492 e. The van der Waals surface area contributed by atoms with Crippen molar-refractivity contribution in [2.75, 3.05) is 50.9 Å². The number of carbonyl (C=O) groups excluding carboxylic acids is 1. The van der Waals surface area contributed by atoms with Crippen molar-refractivity contribution in [1.82, 2.24) is 20.2 Å². The molecule has 1 heterocycles. The predicted octanol–water partition coefficient (Wildman–Crippen LogP) is 0.481. The van der Waals surface area contributed by atoms with Gasteiger partial charge in [0.25, 0.3) is 5.91 Å². The number of hydrogen-bond donors (Lipinski definition) is 9. The van der Waals surface area contributed by atoms with Crippen molar-refractivity contribution >= 4 is 47.5 Å². The third-order valence-corrected chi connectivity index (χ3v) is 7.49. The van der Waals surface area contributed by atoms with E-state index in [0.717, 1.165) is 50.5 Å². The number of anilines is 2. The Morgan fingerprint density at radius 2 is 1.66 bits per heavy atom. The van der Waals surface area contributed by atoms with Gasteiger partial charge in [-0.15, -0.1) is 12.4 Å². The number of ether oxygens (including phenoxy) is 1. The summed E-state index contributed by atoms with van der Waals surface area (Å²) < 4.78 is 5.91. The second-order valence-corrected chi connectivity index (χ2v) is 11.3. The molecule has 0 aliphatic rings. The standard InChI is InChI=1S/C30H49ClN8O7.ClH/c1-2-3-4-7-14-39(17-21(41)24(43)25(44)22(42)18-40)15-16-46-20-11-9-19(10-12-20)8-5-6-13-35-30(34)38-29(45)23-27(32)37-28(33)26(31)36-23;/h9-12,21-22,24-25,40-44H,2-8,13-18H2,1H3,(H4,32,33,37)(H3,34,35,38,45);1H/t21-,22+,24+,25+;/m0./s1. The highest BCUT2D eigenvalue weighted by molar-refractivity contribution is 6.31. The molecule has 266 valence electrons. The van der Waals surface area contributed by atoms with E-state index < -0.39 is 36.9 Å². The summed E-state index contributed by atoms with van der Waals surface area (Å²) in [6, 6.07) is 7.73. The number of aliphatic imine (C=N–C) groups is 1.